The highest BCUT2D eigenvalue weighted by molar-refractivity contribution is 6.00. The zero-order valence-corrected chi connectivity index (χ0v) is 10.5. The van der Waals surface area contributed by atoms with Gasteiger partial charge in [-0.1, -0.05) is 0 Å². The molecule has 0 spiro atoms. The summed E-state index contributed by atoms with van der Waals surface area (Å²) in [7, 11) is 1.99. The van der Waals surface area contributed by atoms with Gasteiger partial charge in [0.25, 0.3) is 0 Å². The molecule has 2 fully saturated rings. The lowest BCUT2D eigenvalue weighted by molar-refractivity contribution is -0.141. The minimum atomic E-state index is -0.177. The second-order valence-electron chi connectivity index (χ2n) is 5.05. The van der Waals surface area contributed by atoms with Crippen LogP contribution >= 0.6 is 0 Å². The number of imide groups is 1. The standard InChI is InChI=1S/C12H21N3O2/c1-8-12(17)14-11(16)7-15(8)10-5-3-9(13-2)4-6-10/h8-10,13H,3-7H2,1-2H3,(H,14,16,17). The molecule has 1 aliphatic heterocycles. The lowest BCUT2D eigenvalue weighted by Gasteiger charge is -2.41. The molecule has 1 aliphatic carbocycles. The first kappa shape index (κ1) is 12.5. The number of rotatable bonds is 2. The third-order valence-electron chi connectivity index (χ3n) is 4.04. The number of hydrogen-bond acceptors (Lipinski definition) is 4. The molecule has 17 heavy (non-hydrogen) atoms. The topological polar surface area (TPSA) is 61.4 Å². The van der Waals surface area contributed by atoms with E-state index in [4.69, 9.17) is 0 Å². The molecule has 5 heteroatoms. The SMILES string of the molecule is CNC1CCC(N2CC(=O)NC(=O)C2C)CC1. The summed E-state index contributed by atoms with van der Waals surface area (Å²) in [5.74, 6) is -0.319. The van der Waals surface area contributed by atoms with Gasteiger partial charge in [0, 0.05) is 12.1 Å². The third-order valence-corrected chi connectivity index (χ3v) is 4.04. The molecule has 1 saturated heterocycles. The van der Waals surface area contributed by atoms with Gasteiger partial charge in [-0.2, -0.15) is 0 Å². The van der Waals surface area contributed by atoms with Crippen molar-refractivity contribution in [3.63, 3.8) is 0 Å². The predicted octanol–water partition coefficient (Wildman–Crippen LogP) is -0.136. The van der Waals surface area contributed by atoms with Crippen molar-refractivity contribution >= 4 is 11.8 Å². The first-order valence-corrected chi connectivity index (χ1v) is 6.38. The number of amides is 2. The Morgan fingerprint density at radius 3 is 2.47 bits per heavy atom. The van der Waals surface area contributed by atoms with E-state index >= 15 is 0 Å². The van der Waals surface area contributed by atoms with Crippen LogP contribution in [0.1, 0.15) is 32.6 Å². The molecule has 1 unspecified atom stereocenters. The maximum atomic E-state index is 11.6. The summed E-state index contributed by atoms with van der Waals surface area (Å²) in [4.78, 5) is 25.1. The van der Waals surface area contributed by atoms with E-state index in [2.05, 4.69) is 15.5 Å². The van der Waals surface area contributed by atoms with Crippen molar-refractivity contribution in [2.75, 3.05) is 13.6 Å². The molecule has 1 saturated carbocycles. The largest absolute Gasteiger partial charge is 0.317 e. The molecule has 2 N–H and O–H groups in total. The quantitative estimate of drug-likeness (QED) is 0.659. The minimum Gasteiger partial charge on any atom is -0.317 e. The van der Waals surface area contributed by atoms with Crippen molar-refractivity contribution in [1.29, 1.82) is 0 Å². The number of carbonyl (C=O) groups excluding carboxylic acids is 2. The van der Waals surface area contributed by atoms with Crippen molar-refractivity contribution in [1.82, 2.24) is 15.5 Å². The van der Waals surface area contributed by atoms with Crippen LogP contribution in [0.5, 0.6) is 0 Å². The molecular formula is C12H21N3O2. The highest BCUT2D eigenvalue weighted by atomic mass is 16.2. The van der Waals surface area contributed by atoms with E-state index in [0.717, 1.165) is 25.7 Å². The molecule has 0 radical (unpaired) electrons. The molecule has 1 heterocycles. The fourth-order valence-corrected chi connectivity index (χ4v) is 2.88. The molecule has 1 atom stereocenters. The van der Waals surface area contributed by atoms with Crippen LogP contribution in [0.15, 0.2) is 0 Å². The summed E-state index contributed by atoms with van der Waals surface area (Å²) in [6.07, 6.45) is 4.38. The highest BCUT2D eigenvalue weighted by Gasteiger charge is 2.36. The Bertz CT molecular complexity index is 311. The minimum absolute atomic E-state index is 0.156. The first-order valence-electron chi connectivity index (χ1n) is 6.38. The number of hydrogen-bond donors (Lipinski definition) is 2. The van der Waals surface area contributed by atoms with Crippen LogP contribution in [0.25, 0.3) is 0 Å². The van der Waals surface area contributed by atoms with E-state index in [1.165, 1.54) is 0 Å². The van der Waals surface area contributed by atoms with Crippen molar-refractivity contribution in [2.24, 2.45) is 0 Å². The first-order chi connectivity index (χ1) is 8.11. The maximum Gasteiger partial charge on any atom is 0.243 e. The van der Waals surface area contributed by atoms with E-state index in [1.54, 1.807) is 0 Å². The molecule has 5 nitrogen and oxygen atoms in total. The van der Waals surface area contributed by atoms with Crippen LogP contribution in [0.4, 0.5) is 0 Å². The fourth-order valence-electron chi connectivity index (χ4n) is 2.88. The Morgan fingerprint density at radius 1 is 1.24 bits per heavy atom. The Labute approximate surface area is 102 Å². The molecular weight excluding hydrogens is 218 g/mol. The summed E-state index contributed by atoms with van der Waals surface area (Å²) < 4.78 is 0. The molecule has 2 rings (SSSR count). The fraction of sp³-hybridized carbons (Fsp3) is 0.833. The second-order valence-corrected chi connectivity index (χ2v) is 5.05. The van der Waals surface area contributed by atoms with E-state index in [9.17, 15) is 9.59 Å². The van der Waals surface area contributed by atoms with Gasteiger partial charge in [-0.3, -0.25) is 19.8 Å². The second kappa shape index (κ2) is 5.14. The summed E-state index contributed by atoms with van der Waals surface area (Å²) in [5.41, 5.74) is 0. The van der Waals surface area contributed by atoms with Gasteiger partial charge in [-0.15, -0.1) is 0 Å². The maximum absolute atomic E-state index is 11.6. The smallest absolute Gasteiger partial charge is 0.243 e. The Kier molecular flexibility index (Phi) is 3.79. The Balaban J connectivity index is 1.97. The summed E-state index contributed by atoms with van der Waals surface area (Å²) >= 11 is 0. The van der Waals surface area contributed by atoms with Crippen molar-refractivity contribution in [3.05, 3.63) is 0 Å². The number of carbonyl (C=O) groups is 2. The van der Waals surface area contributed by atoms with E-state index in [1.807, 2.05) is 14.0 Å². The monoisotopic (exact) mass is 239 g/mol. The van der Waals surface area contributed by atoms with Gasteiger partial charge < -0.3 is 5.32 Å². The van der Waals surface area contributed by atoms with Gasteiger partial charge in [-0.25, -0.2) is 0 Å². The Morgan fingerprint density at radius 2 is 1.88 bits per heavy atom. The van der Waals surface area contributed by atoms with E-state index in [0.29, 0.717) is 18.6 Å². The number of nitrogens with zero attached hydrogens (tertiary/aromatic N) is 1. The number of nitrogens with one attached hydrogen (secondary N) is 2. The van der Waals surface area contributed by atoms with Crippen LogP contribution in [-0.2, 0) is 9.59 Å². The molecule has 0 aromatic rings. The molecule has 96 valence electrons. The van der Waals surface area contributed by atoms with Crippen LogP contribution in [0, 0.1) is 0 Å². The highest BCUT2D eigenvalue weighted by Crippen LogP contribution is 2.25. The Hall–Kier alpha value is -0.940. The van der Waals surface area contributed by atoms with Crippen molar-refractivity contribution in [3.8, 4) is 0 Å². The van der Waals surface area contributed by atoms with Crippen LogP contribution in [0.3, 0.4) is 0 Å². The average molecular weight is 239 g/mol. The molecule has 0 aromatic carbocycles. The third kappa shape index (κ3) is 2.66. The lowest BCUT2D eigenvalue weighted by Crippen LogP contribution is -2.60. The van der Waals surface area contributed by atoms with Crippen LogP contribution in [0.2, 0.25) is 0 Å². The zero-order valence-electron chi connectivity index (χ0n) is 10.5. The molecule has 0 aromatic heterocycles. The summed E-state index contributed by atoms with van der Waals surface area (Å²) in [5, 5.41) is 5.68. The van der Waals surface area contributed by atoms with Crippen LogP contribution < -0.4 is 10.6 Å². The predicted molar refractivity (Wildman–Crippen MR) is 64.4 cm³/mol. The van der Waals surface area contributed by atoms with E-state index in [-0.39, 0.29) is 17.9 Å². The van der Waals surface area contributed by atoms with E-state index < -0.39 is 0 Å². The van der Waals surface area contributed by atoms with Gasteiger partial charge in [-0.05, 0) is 39.7 Å². The molecule has 2 amide bonds. The molecule has 0 bridgehead atoms. The summed E-state index contributed by atoms with van der Waals surface area (Å²) in [6.45, 7) is 2.24. The lowest BCUT2D eigenvalue weighted by atomic mass is 9.89. The van der Waals surface area contributed by atoms with Gasteiger partial charge in [0.15, 0.2) is 0 Å². The van der Waals surface area contributed by atoms with Crippen LogP contribution in [-0.4, -0.2) is 48.4 Å². The van der Waals surface area contributed by atoms with Gasteiger partial charge >= 0.3 is 0 Å². The summed E-state index contributed by atoms with van der Waals surface area (Å²) in [6, 6.07) is 0.796. The molecule has 2 aliphatic rings. The van der Waals surface area contributed by atoms with Crippen molar-refractivity contribution < 1.29 is 9.59 Å². The normalized spacial score (nSPS) is 35.8. The van der Waals surface area contributed by atoms with Crippen molar-refractivity contribution in [2.45, 2.75) is 50.7 Å². The van der Waals surface area contributed by atoms with Gasteiger partial charge in [0.05, 0.1) is 12.6 Å². The zero-order chi connectivity index (χ0) is 12.4. The average Bonchev–Trinajstić information content (AvgIpc) is 2.34. The van der Waals surface area contributed by atoms with Gasteiger partial charge in [0.2, 0.25) is 11.8 Å². The van der Waals surface area contributed by atoms with Gasteiger partial charge in [0.1, 0.15) is 0 Å². The number of piperazine rings is 1.